The zero-order valence-electron chi connectivity index (χ0n) is 20.3. The number of benzene rings is 2. The fraction of sp³-hybridized carbons (Fsp3) is 0.286. The van der Waals surface area contributed by atoms with Crippen molar-refractivity contribution in [2.45, 2.75) is 45.0 Å². The molecule has 194 valence electrons. The van der Waals surface area contributed by atoms with Crippen LogP contribution in [-0.2, 0) is 32.2 Å². The molecular formula is C28H29F3N4O2. The van der Waals surface area contributed by atoms with Gasteiger partial charge in [0.05, 0.1) is 5.56 Å². The molecule has 0 unspecified atom stereocenters. The highest BCUT2D eigenvalue weighted by Crippen LogP contribution is 2.29. The third-order valence-electron chi connectivity index (χ3n) is 5.82. The van der Waals surface area contributed by atoms with Crippen LogP contribution >= 0.6 is 0 Å². The van der Waals surface area contributed by atoms with E-state index in [1.165, 1.54) is 24.0 Å². The highest BCUT2D eigenvalue weighted by Gasteiger charge is 2.29. The normalized spacial score (nSPS) is 11.9. The largest absolute Gasteiger partial charge is 0.487 e. The molecular weight excluding hydrogens is 481 g/mol. The van der Waals surface area contributed by atoms with Gasteiger partial charge in [0, 0.05) is 31.4 Å². The topological polar surface area (TPSA) is 79.1 Å². The van der Waals surface area contributed by atoms with Crippen LogP contribution in [0.1, 0.15) is 46.9 Å². The highest BCUT2D eigenvalue weighted by molar-refractivity contribution is 5.66. The van der Waals surface area contributed by atoms with Gasteiger partial charge in [-0.3, -0.25) is 0 Å². The molecule has 37 heavy (non-hydrogen) atoms. The van der Waals surface area contributed by atoms with E-state index in [1.54, 1.807) is 12.2 Å². The number of aromatic nitrogens is 3. The lowest BCUT2D eigenvalue weighted by molar-refractivity contribution is -0.137. The number of halogens is 3. The number of rotatable bonds is 12. The molecule has 4 aromatic rings. The first-order valence-electron chi connectivity index (χ1n) is 12.1. The minimum absolute atomic E-state index is 0.243. The van der Waals surface area contributed by atoms with E-state index in [1.807, 2.05) is 24.5 Å². The summed E-state index contributed by atoms with van der Waals surface area (Å²) >= 11 is 0. The van der Waals surface area contributed by atoms with Gasteiger partial charge in [-0.15, -0.1) is 0 Å². The van der Waals surface area contributed by atoms with Crippen LogP contribution in [0.4, 0.5) is 13.2 Å². The summed E-state index contributed by atoms with van der Waals surface area (Å²) in [7, 11) is 0. The monoisotopic (exact) mass is 510 g/mol. The first kappa shape index (κ1) is 26.2. The van der Waals surface area contributed by atoms with E-state index >= 15 is 0 Å². The fourth-order valence-corrected chi connectivity index (χ4v) is 3.84. The van der Waals surface area contributed by atoms with Crippen molar-refractivity contribution in [3.8, 4) is 5.75 Å². The van der Waals surface area contributed by atoms with Crippen LogP contribution < -0.4 is 10.5 Å². The van der Waals surface area contributed by atoms with Crippen molar-refractivity contribution < 1.29 is 22.3 Å². The van der Waals surface area contributed by atoms with E-state index in [-0.39, 0.29) is 6.61 Å². The maximum absolute atomic E-state index is 12.7. The number of hydrogen-bond donors (Lipinski definition) is 1. The molecule has 9 heteroatoms. The van der Waals surface area contributed by atoms with Gasteiger partial charge in [0.25, 0.3) is 0 Å². The molecule has 0 aliphatic heterocycles. The number of imidazole rings is 1. The minimum atomic E-state index is -4.35. The number of unbranched alkanes of at least 4 members (excludes halogenated alkanes) is 1. The molecule has 0 aliphatic rings. The van der Waals surface area contributed by atoms with Gasteiger partial charge in [0.15, 0.2) is 0 Å². The Morgan fingerprint density at radius 3 is 2.49 bits per heavy atom. The van der Waals surface area contributed by atoms with Crippen molar-refractivity contribution in [1.82, 2.24) is 14.5 Å². The van der Waals surface area contributed by atoms with Gasteiger partial charge in [-0.25, -0.2) is 9.97 Å². The number of nitrogens with two attached hydrogens (primary N) is 1. The second kappa shape index (κ2) is 12.4. The summed E-state index contributed by atoms with van der Waals surface area (Å²) in [6.45, 7) is 1.79. The number of aryl methyl sites for hydroxylation is 2. The summed E-state index contributed by atoms with van der Waals surface area (Å²) in [4.78, 5) is 8.68. The van der Waals surface area contributed by atoms with Crippen molar-refractivity contribution >= 4 is 12.2 Å². The number of nitrogens with zero attached hydrogens (tertiary/aromatic N) is 3. The zero-order valence-corrected chi connectivity index (χ0v) is 20.3. The van der Waals surface area contributed by atoms with E-state index in [4.69, 9.17) is 14.9 Å². The summed E-state index contributed by atoms with van der Waals surface area (Å²) in [6.07, 6.45) is 8.14. The Morgan fingerprint density at radius 1 is 0.973 bits per heavy atom. The Bertz CT molecular complexity index is 1280. The van der Waals surface area contributed by atoms with Gasteiger partial charge in [0.1, 0.15) is 30.1 Å². The van der Waals surface area contributed by atoms with Crippen LogP contribution in [0, 0.1) is 0 Å². The van der Waals surface area contributed by atoms with Crippen LogP contribution in [0.3, 0.4) is 0 Å². The second-order valence-corrected chi connectivity index (χ2v) is 8.60. The maximum Gasteiger partial charge on any atom is 0.416 e. The predicted molar refractivity (Wildman–Crippen MR) is 136 cm³/mol. The molecule has 0 spiro atoms. The van der Waals surface area contributed by atoms with Crippen LogP contribution in [0.2, 0.25) is 0 Å². The number of hydrogen-bond acceptors (Lipinski definition) is 5. The first-order chi connectivity index (χ1) is 17.9. The van der Waals surface area contributed by atoms with Crippen LogP contribution in [0.5, 0.6) is 5.75 Å². The average molecular weight is 511 g/mol. The zero-order chi connectivity index (χ0) is 26.1. The molecule has 0 saturated carbocycles. The molecule has 2 aromatic carbocycles. The third-order valence-corrected chi connectivity index (χ3v) is 5.82. The molecule has 2 N–H and O–H groups in total. The predicted octanol–water partition coefficient (Wildman–Crippen LogP) is 6.16. The Balaban J connectivity index is 1.19. The summed E-state index contributed by atoms with van der Waals surface area (Å²) < 4.78 is 51.4. The SMILES string of the molecule is NCCc1nccn1CCCCc1ccc(OCc2coc(C=Cc3ccc(C(F)(F)F)cc3)n2)cc1. The fourth-order valence-electron chi connectivity index (χ4n) is 3.84. The molecule has 2 aromatic heterocycles. The molecule has 0 bridgehead atoms. The number of oxazole rings is 1. The molecule has 0 fully saturated rings. The van der Waals surface area contributed by atoms with Crippen molar-refractivity contribution in [2.75, 3.05) is 6.54 Å². The lowest BCUT2D eigenvalue weighted by Crippen LogP contribution is -2.10. The van der Waals surface area contributed by atoms with Crippen LogP contribution in [0.15, 0.2) is 71.6 Å². The summed E-state index contributed by atoms with van der Waals surface area (Å²) in [5.74, 6) is 2.12. The van der Waals surface area contributed by atoms with Crippen molar-refractivity contribution in [3.63, 3.8) is 0 Å². The standard InChI is InChI=1S/C28H29F3N4O2/c29-28(30,31)23-9-4-22(5-10-23)8-13-27-34-24(20-37-27)19-36-25-11-6-21(7-12-25)3-1-2-17-35-18-16-33-26(35)14-15-32/h4-13,16,18,20H,1-3,14-15,17,19,32H2. The lowest BCUT2D eigenvalue weighted by atomic mass is 10.1. The number of ether oxygens (including phenoxy) is 1. The van der Waals surface area contributed by atoms with Crippen LogP contribution in [0.25, 0.3) is 12.2 Å². The Morgan fingerprint density at radius 2 is 1.76 bits per heavy atom. The Hall–Kier alpha value is -3.85. The molecule has 0 radical (unpaired) electrons. The van der Waals surface area contributed by atoms with Gasteiger partial charge >= 0.3 is 6.18 Å². The molecule has 0 atom stereocenters. The number of alkyl halides is 3. The second-order valence-electron chi connectivity index (χ2n) is 8.60. The quantitative estimate of drug-likeness (QED) is 0.231. The van der Waals surface area contributed by atoms with E-state index in [2.05, 4.69) is 26.7 Å². The van der Waals surface area contributed by atoms with Gasteiger partial charge in [-0.2, -0.15) is 13.2 Å². The third kappa shape index (κ3) is 7.82. The Kier molecular flexibility index (Phi) is 8.79. The highest BCUT2D eigenvalue weighted by atomic mass is 19.4. The van der Waals surface area contributed by atoms with Crippen LogP contribution in [-0.4, -0.2) is 21.1 Å². The molecule has 0 saturated heterocycles. The van der Waals surface area contributed by atoms with Crippen molar-refractivity contribution in [2.24, 2.45) is 5.73 Å². The molecule has 4 rings (SSSR count). The van der Waals surface area contributed by atoms with E-state index < -0.39 is 11.7 Å². The van der Waals surface area contributed by atoms with Gasteiger partial charge in [0.2, 0.25) is 5.89 Å². The molecule has 2 heterocycles. The first-order valence-corrected chi connectivity index (χ1v) is 12.1. The lowest BCUT2D eigenvalue weighted by Gasteiger charge is -2.08. The summed E-state index contributed by atoms with van der Waals surface area (Å²) in [6, 6.07) is 12.9. The smallest absolute Gasteiger partial charge is 0.416 e. The van der Waals surface area contributed by atoms with Crippen molar-refractivity contribution in [1.29, 1.82) is 0 Å². The van der Waals surface area contributed by atoms with Crippen molar-refractivity contribution in [3.05, 3.63) is 101 Å². The average Bonchev–Trinajstić information content (AvgIpc) is 3.54. The summed E-state index contributed by atoms with van der Waals surface area (Å²) in [5, 5.41) is 0. The van der Waals surface area contributed by atoms with E-state index in [0.717, 1.165) is 55.9 Å². The minimum Gasteiger partial charge on any atom is -0.487 e. The van der Waals surface area contributed by atoms with Gasteiger partial charge < -0.3 is 19.5 Å². The van der Waals surface area contributed by atoms with E-state index in [9.17, 15) is 13.2 Å². The van der Waals surface area contributed by atoms with Gasteiger partial charge in [-0.1, -0.05) is 24.3 Å². The molecule has 0 aliphatic carbocycles. The maximum atomic E-state index is 12.7. The molecule has 6 nitrogen and oxygen atoms in total. The van der Waals surface area contributed by atoms with E-state index in [0.29, 0.717) is 23.7 Å². The molecule has 0 amide bonds. The Labute approximate surface area is 213 Å². The van der Waals surface area contributed by atoms with Gasteiger partial charge in [-0.05, 0) is 67.3 Å². The summed E-state index contributed by atoms with van der Waals surface area (Å²) in [5.41, 5.74) is 7.42.